The SMILES string of the molecule is COc1ccc(CN(Cc2ccc3c(c2)OCO3)C(=O)c2ccc3ccccc3c2)cc1. The number of hydrogen-bond donors (Lipinski definition) is 0. The molecule has 0 unspecified atom stereocenters. The fourth-order valence-electron chi connectivity index (χ4n) is 3.92. The molecule has 4 aromatic rings. The smallest absolute Gasteiger partial charge is 0.254 e. The van der Waals surface area contributed by atoms with Crippen molar-refractivity contribution in [1.82, 2.24) is 4.90 Å². The third-order valence-corrected chi connectivity index (χ3v) is 5.63. The number of nitrogens with zero attached hydrogens (tertiary/aromatic N) is 1. The van der Waals surface area contributed by atoms with Crippen molar-refractivity contribution in [2.75, 3.05) is 13.9 Å². The van der Waals surface area contributed by atoms with E-state index in [0.717, 1.165) is 33.4 Å². The summed E-state index contributed by atoms with van der Waals surface area (Å²) in [6.07, 6.45) is 0. The third-order valence-electron chi connectivity index (χ3n) is 5.63. The van der Waals surface area contributed by atoms with Crippen LogP contribution in [0.1, 0.15) is 21.5 Å². The van der Waals surface area contributed by atoms with Crippen molar-refractivity contribution in [3.8, 4) is 17.2 Å². The van der Waals surface area contributed by atoms with Crippen LogP contribution in [0.4, 0.5) is 0 Å². The zero-order valence-electron chi connectivity index (χ0n) is 17.8. The average Bonchev–Trinajstić information content (AvgIpc) is 3.31. The fraction of sp³-hybridized carbons (Fsp3) is 0.148. The summed E-state index contributed by atoms with van der Waals surface area (Å²) in [4.78, 5) is 15.5. The van der Waals surface area contributed by atoms with Gasteiger partial charge in [-0.05, 0) is 58.3 Å². The second-order valence-corrected chi connectivity index (χ2v) is 7.76. The highest BCUT2D eigenvalue weighted by Crippen LogP contribution is 2.33. The van der Waals surface area contributed by atoms with Crippen molar-refractivity contribution in [2.24, 2.45) is 0 Å². The van der Waals surface area contributed by atoms with Crippen molar-refractivity contribution < 1.29 is 19.0 Å². The van der Waals surface area contributed by atoms with Gasteiger partial charge < -0.3 is 19.1 Å². The van der Waals surface area contributed by atoms with Crippen LogP contribution in [0.25, 0.3) is 10.8 Å². The van der Waals surface area contributed by atoms with E-state index in [9.17, 15) is 4.79 Å². The molecule has 0 radical (unpaired) electrons. The molecule has 0 saturated heterocycles. The summed E-state index contributed by atoms with van der Waals surface area (Å²) >= 11 is 0. The predicted molar refractivity (Wildman–Crippen MR) is 123 cm³/mol. The predicted octanol–water partition coefficient (Wildman–Crippen LogP) is 5.42. The Balaban J connectivity index is 1.46. The highest BCUT2D eigenvalue weighted by Gasteiger charge is 2.20. The van der Waals surface area contributed by atoms with E-state index in [2.05, 4.69) is 0 Å². The molecule has 1 amide bonds. The Morgan fingerprint density at radius 1 is 0.812 bits per heavy atom. The highest BCUT2D eigenvalue weighted by atomic mass is 16.7. The van der Waals surface area contributed by atoms with Crippen LogP contribution in [0.2, 0.25) is 0 Å². The van der Waals surface area contributed by atoms with Gasteiger partial charge >= 0.3 is 0 Å². The Morgan fingerprint density at radius 2 is 1.53 bits per heavy atom. The van der Waals surface area contributed by atoms with Gasteiger partial charge in [0.15, 0.2) is 11.5 Å². The molecule has 5 rings (SSSR count). The van der Waals surface area contributed by atoms with Crippen LogP contribution in [-0.4, -0.2) is 24.7 Å². The zero-order chi connectivity index (χ0) is 21.9. The largest absolute Gasteiger partial charge is 0.497 e. The average molecular weight is 425 g/mol. The number of methoxy groups -OCH3 is 1. The molecule has 0 aromatic heterocycles. The Hall–Kier alpha value is -3.99. The van der Waals surface area contributed by atoms with Crippen molar-refractivity contribution in [2.45, 2.75) is 13.1 Å². The molecule has 5 heteroatoms. The van der Waals surface area contributed by atoms with Gasteiger partial charge in [0.25, 0.3) is 5.91 Å². The first-order valence-electron chi connectivity index (χ1n) is 10.5. The van der Waals surface area contributed by atoms with Gasteiger partial charge in [0.05, 0.1) is 7.11 Å². The zero-order valence-corrected chi connectivity index (χ0v) is 17.8. The van der Waals surface area contributed by atoms with Crippen LogP contribution < -0.4 is 14.2 Å². The summed E-state index contributed by atoms with van der Waals surface area (Å²) in [6, 6.07) is 27.5. The van der Waals surface area contributed by atoms with Crippen LogP contribution in [0, 0.1) is 0 Å². The number of benzene rings is 4. The number of amides is 1. The molecule has 0 bridgehead atoms. The van der Waals surface area contributed by atoms with E-state index >= 15 is 0 Å². The van der Waals surface area contributed by atoms with Gasteiger partial charge in [-0.25, -0.2) is 0 Å². The molecule has 1 aliphatic rings. The van der Waals surface area contributed by atoms with Crippen molar-refractivity contribution in [3.05, 3.63) is 102 Å². The molecule has 5 nitrogen and oxygen atoms in total. The fourth-order valence-corrected chi connectivity index (χ4v) is 3.92. The minimum atomic E-state index is -0.0239. The molecule has 1 heterocycles. The number of rotatable bonds is 6. The molecule has 0 atom stereocenters. The number of hydrogen-bond acceptors (Lipinski definition) is 4. The summed E-state index contributed by atoms with van der Waals surface area (Å²) in [5, 5.41) is 2.16. The van der Waals surface area contributed by atoms with Crippen LogP contribution in [-0.2, 0) is 13.1 Å². The quantitative estimate of drug-likeness (QED) is 0.414. The van der Waals surface area contributed by atoms with E-state index in [0.29, 0.717) is 24.4 Å². The van der Waals surface area contributed by atoms with Gasteiger partial charge in [0.1, 0.15) is 5.75 Å². The van der Waals surface area contributed by atoms with Crippen LogP contribution in [0.5, 0.6) is 17.2 Å². The standard InChI is InChI=1S/C27H23NO4/c1-30-24-11-6-19(7-12-24)16-28(17-20-8-13-25-26(14-20)32-18-31-25)27(29)23-10-9-21-4-2-3-5-22(21)15-23/h2-15H,16-18H2,1H3. The second-order valence-electron chi connectivity index (χ2n) is 7.76. The maximum atomic E-state index is 13.6. The summed E-state index contributed by atoms with van der Waals surface area (Å²) in [5.74, 6) is 2.21. The number of ether oxygens (including phenoxy) is 3. The second kappa shape index (κ2) is 8.63. The van der Waals surface area contributed by atoms with Crippen LogP contribution in [0.15, 0.2) is 84.9 Å². The number of carbonyl (C=O) groups excluding carboxylic acids is 1. The summed E-state index contributed by atoms with van der Waals surface area (Å²) in [6.45, 7) is 1.16. The maximum Gasteiger partial charge on any atom is 0.254 e. The molecule has 32 heavy (non-hydrogen) atoms. The van der Waals surface area contributed by atoms with Gasteiger partial charge in [-0.3, -0.25) is 4.79 Å². The molecule has 4 aromatic carbocycles. The maximum absolute atomic E-state index is 13.6. The van der Waals surface area contributed by atoms with Crippen LogP contribution >= 0.6 is 0 Å². The molecule has 160 valence electrons. The minimum Gasteiger partial charge on any atom is -0.497 e. The Morgan fingerprint density at radius 3 is 2.34 bits per heavy atom. The first-order chi connectivity index (χ1) is 15.7. The minimum absolute atomic E-state index is 0.0239. The van der Waals surface area contributed by atoms with Crippen LogP contribution in [0.3, 0.4) is 0 Å². The first kappa shape index (κ1) is 19.9. The lowest BCUT2D eigenvalue weighted by atomic mass is 10.1. The Kier molecular flexibility index (Phi) is 5.38. The molecule has 1 aliphatic heterocycles. The Labute approximate surface area is 186 Å². The normalized spacial score (nSPS) is 12.0. The first-order valence-corrected chi connectivity index (χ1v) is 10.5. The number of carbonyl (C=O) groups is 1. The topological polar surface area (TPSA) is 48.0 Å². The summed E-state index contributed by atoms with van der Waals surface area (Å²) in [5.41, 5.74) is 2.68. The van der Waals surface area contributed by atoms with Crippen molar-refractivity contribution in [1.29, 1.82) is 0 Å². The molecule has 0 aliphatic carbocycles. The van der Waals surface area contributed by atoms with Gasteiger partial charge in [-0.1, -0.05) is 48.5 Å². The lowest BCUT2D eigenvalue weighted by Crippen LogP contribution is -2.30. The van der Waals surface area contributed by atoms with Gasteiger partial charge in [0.2, 0.25) is 6.79 Å². The van der Waals surface area contributed by atoms with E-state index in [1.807, 2.05) is 89.8 Å². The third kappa shape index (κ3) is 4.10. The van der Waals surface area contributed by atoms with Gasteiger partial charge in [-0.15, -0.1) is 0 Å². The molecular weight excluding hydrogens is 402 g/mol. The lowest BCUT2D eigenvalue weighted by Gasteiger charge is -2.24. The van der Waals surface area contributed by atoms with Gasteiger partial charge in [0, 0.05) is 18.7 Å². The lowest BCUT2D eigenvalue weighted by molar-refractivity contribution is 0.0730. The van der Waals surface area contributed by atoms with E-state index in [-0.39, 0.29) is 12.7 Å². The molecule has 0 fully saturated rings. The van der Waals surface area contributed by atoms with Crippen molar-refractivity contribution in [3.63, 3.8) is 0 Å². The summed E-state index contributed by atoms with van der Waals surface area (Å²) in [7, 11) is 1.64. The molecule has 0 saturated carbocycles. The van der Waals surface area contributed by atoms with E-state index in [4.69, 9.17) is 14.2 Å². The molecule has 0 spiro atoms. The van der Waals surface area contributed by atoms with Gasteiger partial charge in [-0.2, -0.15) is 0 Å². The van der Waals surface area contributed by atoms with E-state index in [1.54, 1.807) is 7.11 Å². The monoisotopic (exact) mass is 425 g/mol. The number of fused-ring (bicyclic) bond motifs is 2. The molecule has 0 N–H and O–H groups in total. The summed E-state index contributed by atoms with van der Waals surface area (Å²) < 4.78 is 16.2. The van der Waals surface area contributed by atoms with E-state index in [1.165, 1.54) is 0 Å². The van der Waals surface area contributed by atoms with E-state index < -0.39 is 0 Å². The highest BCUT2D eigenvalue weighted by molar-refractivity contribution is 5.98. The Bertz CT molecular complexity index is 1270. The van der Waals surface area contributed by atoms with Crippen molar-refractivity contribution >= 4 is 16.7 Å². The molecular formula is C27H23NO4.